The van der Waals surface area contributed by atoms with Gasteiger partial charge in [0.05, 0.1) is 6.61 Å². The maximum Gasteiger partial charge on any atom is 0.302 e. The van der Waals surface area contributed by atoms with Gasteiger partial charge < -0.3 is 9.47 Å². The van der Waals surface area contributed by atoms with Crippen molar-refractivity contribution in [2.75, 3.05) is 6.61 Å². The number of esters is 1. The highest BCUT2D eigenvalue weighted by molar-refractivity contribution is 6.49. The number of halogens is 1. The van der Waals surface area contributed by atoms with Gasteiger partial charge in [-0.3, -0.25) is 14.4 Å². The van der Waals surface area contributed by atoms with E-state index < -0.39 is 0 Å². The summed E-state index contributed by atoms with van der Waals surface area (Å²) < 4.78 is 12.5. The Labute approximate surface area is 292 Å². The lowest BCUT2D eigenvalue weighted by Crippen LogP contribution is -2.67. The Balaban J connectivity index is 1.17. The van der Waals surface area contributed by atoms with Gasteiger partial charge in [-0.25, -0.2) is 0 Å². The average Bonchev–Trinajstić information content (AvgIpc) is 3.42. The SMILES string of the molecule is C=C(C)[C@@H]1CC[C@]2(COC(C)=O)CC[C@]3(C)[C@H](CC[C@@H]4[C@@]5(C)CC[C@H](OC6=C(Cl)C(=O)c7ccccc7C6=O)C(C)(C)[C@@H]5CC[C@]43C)[C@@H]12. The van der Waals surface area contributed by atoms with Crippen molar-refractivity contribution in [2.45, 2.75) is 119 Å². The molecule has 0 unspecified atom stereocenters. The van der Waals surface area contributed by atoms with Gasteiger partial charge in [-0.05, 0) is 117 Å². The molecule has 5 saturated carbocycles. The summed E-state index contributed by atoms with van der Waals surface area (Å²) in [6, 6.07) is 6.90. The van der Waals surface area contributed by atoms with Crippen LogP contribution in [0.5, 0.6) is 0 Å². The van der Waals surface area contributed by atoms with E-state index in [9.17, 15) is 14.4 Å². The van der Waals surface area contributed by atoms with Crippen LogP contribution in [0.25, 0.3) is 0 Å². The molecule has 6 aliphatic carbocycles. The number of hydrogen-bond donors (Lipinski definition) is 0. The van der Waals surface area contributed by atoms with E-state index in [1.165, 1.54) is 31.3 Å². The number of carbonyl (C=O) groups is 3. The van der Waals surface area contributed by atoms with Gasteiger partial charge in [0.2, 0.25) is 11.6 Å². The highest BCUT2D eigenvalue weighted by Gasteiger charge is 2.71. The zero-order chi connectivity index (χ0) is 34.6. The Morgan fingerprint density at radius 3 is 2.19 bits per heavy atom. The molecule has 0 heterocycles. The molecular weight excluding hydrogens is 620 g/mol. The second kappa shape index (κ2) is 11.3. The lowest BCUT2D eigenvalue weighted by atomic mass is 9.32. The van der Waals surface area contributed by atoms with E-state index in [1.807, 2.05) is 0 Å². The van der Waals surface area contributed by atoms with Crippen LogP contribution in [0.1, 0.15) is 133 Å². The molecule has 6 aliphatic rings. The summed E-state index contributed by atoms with van der Waals surface area (Å²) in [6.07, 6.45) is 11.0. The Kier molecular flexibility index (Phi) is 8.02. The largest absolute Gasteiger partial charge is 0.484 e. The van der Waals surface area contributed by atoms with Crippen LogP contribution in [0, 0.1) is 56.7 Å². The van der Waals surface area contributed by atoms with Gasteiger partial charge in [0, 0.05) is 28.9 Å². The van der Waals surface area contributed by atoms with Crippen LogP contribution in [0.2, 0.25) is 0 Å². The van der Waals surface area contributed by atoms with Crippen molar-refractivity contribution in [1.82, 2.24) is 0 Å². The van der Waals surface area contributed by atoms with Crippen molar-refractivity contribution in [3.63, 3.8) is 0 Å². The van der Waals surface area contributed by atoms with Crippen LogP contribution in [0.15, 0.2) is 47.2 Å². The topological polar surface area (TPSA) is 69.7 Å². The summed E-state index contributed by atoms with van der Waals surface area (Å²) in [5, 5.41) is -0.0904. The first-order valence-corrected chi connectivity index (χ1v) is 18.9. The smallest absolute Gasteiger partial charge is 0.302 e. The minimum absolute atomic E-state index is 0.0267. The van der Waals surface area contributed by atoms with Crippen LogP contribution >= 0.6 is 11.6 Å². The van der Waals surface area contributed by atoms with Gasteiger partial charge in [-0.15, -0.1) is 0 Å². The van der Waals surface area contributed by atoms with Crippen LogP contribution < -0.4 is 0 Å². The average molecular weight is 675 g/mol. The van der Waals surface area contributed by atoms with Crippen LogP contribution in [-0.2, 0) is 14.3 Å². The fraction of sp³-hybridized carbons (Fsp3) is 0.690. The van der Waals surface area contributed by atoms with Gasteiger partial charge in [0.15, 0.2) is 5.76 Å². The van der Waals surface area contributed by atoms with E-state index in [1.54, 1.807) is 31.2 Å². The molecule has 0 saturated heterocycles. The van der Waals surface area contributed by atoms with E-state index in [0.29, 0.717) is 47.3 Å². The number of carbonyl (C=O) groups excluding carboxylic acids is 3. The molecule has 0 aromatic heterocycles. The van der Waals surface area contributed by atoms with E-state index in [2.05, 4.69) is 48.1 Å². The van der Waals surface area contributed by atoms with Crippen molar-refractivity contribution in [3.05, 3.63) is 58.3 Å². The van der Waals surface area contributed by atoms with E-state index in [0.717, 1.165) is 38.5 Å². The Bertz CT molecular complexity index is 1610. The first-order chi connectivity index (χ1) is 22.5. The highest BCUT2D eigenvalue weighted by atomic mass is 35.5. The number of rotatable bonds is 5. The van der Waals surface area contributed by atoms with E-state index in [-0.39, 0.29) is 61.5 Å². The molecule has 0 aliphatic heterocycles. The third kappa shape index (κ3) is 4.57. The summed E-state index contributed by atoms with van der Waals surface area (Å²) in [5.74, 6) is 1.84. The van der Waals surface area contributed by atoms with Crippen LogP contribution in [-0.4, -0.2) is 30.2 Å². The maximum absolute atomic E-state index is 13.6. The monoisotopic (exact) mass is 674 g/mol. The zero-order valence-corrected chi connectivity index (χ0v) is 30.9. The predicted molar refractivity (Wildman–Crippen MR) is 188 cm³/mol. The summed E-state index contributed by atoms with van der Waals surface area (Å²) in [5.41, 5.74) is 2.41. The van der Waals surface area contributed by atoms with Crippen molar-refractivity contribution in [3.8, 4) is 0 Å². The Morgan fingerprint density at radius 2 is 1.52 bits per heavy atom. The predicted octanol–water partition coefficient (Wildman–Crippen LogP) is 10.1. The molecule has 5 nitrogen and oxygen atoms in total. The number of allylic oxidation sites excluding steroid dienone is 3. The van der Waals surface area contributed by atoms with Crippen molar-refractivity contribution in [1.29, 1.82) is 0 Å². The molecule has 0 spiro atoms. The number of benzene rings is 1. The van der Waals surface area contributed by atoms with E-state index >= 15 is 0 Å². The van der Waals surface area contributed by atoms with Gasteiger partial charge in [-0.1, -0.05) is 82.6 Å². The molecule has 7 rings (SSSR count). The summed E-state index contributed by atoms with van der Waals surface area (Å²) >= 11 is 6.59. The van der Waals surface area contributed by atoms with Crippen molar-refractivity contribution in [2.24, 2.45) is 56.7 Å². The normalized spacial score (nSPS) is 42.9. The second-order valence-electron chi connectivity index (χ2n) is 18.1. The van der Waals surface area contributed by atoms with Gasteiger partial charge in [0.1, 0.15) is 11.1 Å². The first-order valence-electron chi connectivity index (χ1n) is 18.6. The minimum atomic E-state index is -0.334. The molecule has 6 heteroatoms. The fourth-order valence-corrected chi connectivity index (χ4v) is 13.8. The molecule has 260 valence electrons. The summed E-state index contributed by atoms with van der Waals surface area (Å²) in [7, 11) is 0. The Morgan fingerprint density at radius 1 is 0.833 bits per heavy atom. The van der Waals surface area contributed by atoms with E-state index in [4.69, 9.17) is 21.1 Å². The van der Waals surface area contributed by atoms with Crippen LogP contribution in [0.3, 0.4) is 0 Å². The number of fused-ring (bicyclic) bond motifs is 8. The van der Waals surface area contributed by atoms with Crippen LogP contribution in [0.4, 0.5) is 0 Å². The summed E-state index contributed by atoms with van der Waals surface area (Å²) in [6.45, 7) is 21.3. The number of ether oxygens (including phenoxy) is 2. The van der Waals surface area contributed by atoms with Gasteiger partial charge in [-0.2, -0.15) is 0 Å². The first kappa shape index (κ1) is 34.1. The molecule has 0 radical (unpaired) electrons. The third-order valence-corrected chi connectivity index (χ3v) is 16.4. The molecule has 1 aromatic carbocycles. The molecule has 0 amide bonds. The highest BCUT2D eigenvalue weighted by Crippen LogP contribution is 2.77. The number of Topliss-reactive ketones (excluding diaryl/α,β-unsaturated/α-hetero) is 2. The van der Waals surface area contributed by atoms with Gasteiger partial charge in [0.25, 0.3) is 0 Å². The lowest BCUT2D eigenvalue weighted by Gasteiger charge is -2.73. The Hall–Kier alpha value is -2.40. The molecule has 1 aromatic rings. The fourth-order valence-electron chi connectivity index (χ4n) is 13.5. The standard InChI is InChI=1S/C42H55ClO5/c1-24(2)26-15-20-42(23-47-25(3)44)22-21-40(7)29(33(26)42)13-14-31-39(6)18-17-32(38(4,5)30(39)16-19-41(31,40)8)48-37-34(43)35(45)27-11-9-10-12-28(27)36(37)46/h9-12,26,29-33H,1,13-23H2,2-8H3/t26-,29+,30-,31+,32-,33+,39-,40+,41+,42+/m0/s1. The molecular formula is C42H55ClO5. The molecule has 0 bridgehead atoms. The van der Waals surface area contributed by atoms with Crippen molar-refractivity contribution >= 4 is 29.1 Å². The zero-order valence-electron chi connectivity index (χ0n) is 30.2. The minimum Gasteiger partial charge on any atom is -0.484 e. The molecule has 48 heavy (non-hydrogen) atoms. The second-order valence-corrected chi connectivity index (χ2v) is 18.5. The maximum atomic E-state index is 13.6. The van der Waals surface area contributed by atoms with Gasteiger partial charge >= 0.3 is 5.97 Å². The quantitative estimate of drug-likeness (QED) is 0.230. The third-order valence-electron chi connectivity index (χ3n) is 16.0. The molecule has 5 fully saturated rings. The van der Waals surface area contributed by atoms with Crippen molar-refractivity contribution < 1.29 is 23.9 Å². The summed E-state index contributed by atoms with van der Waals surface area (Å²) in [4.78, 5) is 38.8. The number of ketones is 2. The molecule has 10 atom stereocenters. The number of hydrogen-bond acceptors (Lipinski definition) is 5. The molecule has 0 N–H and O–H groups in total. The lowest BCUT2D eigenvalue weighted by molar-refractivity contribution is -0.250.